The Balaban J connectivity index is 1.67. The Hall–Kier alpha value is -2.58. The minimum Gasteiger partial charge on any atom is -0.497 e. The normalized spacial score (nSPS) is 15.0. The second-order valence-corrected chi connectivity index (χ2v) is 8.90. The van der Waals surface area contributed by atoms with Gasteiger partial charge in [-0.25, -0.2) is 12.7 Å². The molecule has 2 aromatic rings. The van der Waals surface area contributed by atoms with E-state index in [4.69, 9.17) is 9.47 Å². The summed E-state index contributed by atoms with van der Waals surface area (Å²) in [6.45, 7) is 1.18. The molecule has 1 fully saturated rings. The highest BCUT2D eigenvalue weighted by molar-refractivity contribution is 7.88. The van der Waals surface area contributed by atoms with Gasteiger partial charge in [-0.05, 0) is 42.7 Å². The summed E-state index contributed by atoms with van der Waals surface area (Å²) in [6.07, 6.45) is 2.90. The van der Waals surface area contributed by atoms with Crippen molar-refractivity contribution in [3.63, 3.8) is 0 Å². The van der Waals surface area contributed by atoms with Crippen LogP contribution in [0.1, 0.15) is 35.2 Å². The zero-order valence-corrected chi connectivity index (χ0v) is 17.5. The van der Waals surface area contributed by atoms with E-state index in [2.05, 4.69) is 5.32 Å². The van der Waals surface area contributed by atoms with Crippen molar-refractivity contribution >= 4 is 21.6 Å². The highest BCUT2D eigenvalue weighted by Gasteiger charge is 2.24. The van der Waals surface area contributed by atoms with Crippen LogP contribution in [0.2, 0.25) is 0 Å². The SMILES string of the molecule is COc1ccc(NC(=O)c2ccc(CS(=O)(=O)N3CCCCC3)cc2)c(OC)c1. The molecule has 0 spiro atoms. The molecule has 1 heterocycles. The third-order valence-corrected chi connectivity index (χ3v) is 6.78. The summed E-state index contributed by atoms with van der Waals surface area (Å²) in [5, 5.41) is 2.80. The van der Waals surface area contributed by atoms with E-state index in [0.29, 0.717) is 41.4 Å². The zero-order valence-electron chi connectivity index (χ0n) is 16.7. The van der Waals surface area contributed by atoms with Gasteiger partial charge >= 0.3 is 0 Å². The third kappa shape index (κ3) is 5.27. The molecule has 0 aromatic heterocycles. The number of carbonyl (C=O) groups excluding carboxylic acids is 1. The maximum atomic E-state index is 12.6. The van der Waals surface area contributed by atoms with Crippen LogP contribution in [-0.2, 0) is 15.8 Å². The fourth-order valence-corrected chi connectivity index (χ4v) is 4.90. The fourth-order valence-electron chi connectivity index (χ4n) is 3.29. The van der Waals surface area contributed by atoms with Crippen LogP contribution >= 0.6 is 0 Å². The van der Waals surface area contributed by atoms with Crippen LogP contribution in [0, 0.1) is 0 Å². The predicted molar refractivity (Wildman–Crippen MR) is 112 cm³/mol. The number of anilines is 1. The molecule has 29 heavy (non-hydrogen) atoms. The molecule has 1 N–H and O–H groups in total. The van der Waals surface area contributed by atoms with Crippen LogP contribution in [-0.4, -0.2) is 45.9 Å². The lowest BCUT2D eigenvalue weighted by Crippen LogP contribution is -2.36. The number of amides is 1. The number of nitrogens with one attached hydrogen (secondary N) is 1. The maximum absolute atomic E-state index is 12.6. The molecule has 0 bridgehead atoms. The first-order valence-corrected chi connectivity index (χ1v) is 11.1. The molecule has 0 aliphatic carbocycles. The van der Waals surface area contributed by atoms with Crippen LogP contribution in [0.15, 0.2) is 42.5 Å². The van der Waals surface area contributed by atoms with E-state index in [1.54, 1.807) is 53.9 Å². The molecule has 3 rings (SSSR count). The van der Waals surface area contributed by atoms with E-state index in [1.807, 2.05) is 0 Å². The van der Waals surface area contributed by atoms with Crippen molar-refractivity contribution in [2.45, 2.75) is 25.0 Å². The Labute approximate surface area is 171 Å². The van der Waals surface area contributed by atoms with Crippen molar-refractivity contribution in [1.82, 2.24) is 4.31 Å². The Morgan fingerprint density at radius 2 is 1.69 bits per heavy atom. The zero-order chi connectivity index (χ0) is 20.9. The fraction of sp³-hybridized carbons (Fsp3) is 0.381. The van der Waals surface area contributed by atoms with Crippen molar-refractivity contribution in [2.24, 2.45) is 0 Å². The van der Waals surface area contributed by atoms with Crippen molar-refractivity contribution in [3.8, 4) is 11.5 Å². The molecule has 1 amide bonds. The van der Waals surface area contributed by atoms with E-state index in [9.17, 15) is 13.2 Å². The van der Waals surface area contributed by atoms with Gasteiger partial charge in [0.25, 0.3) is 5.91 Å². The molecule has 1 aliphatic heterocycles. The molecule has 8 heteroatoms. The number of hydrogen-bond acceptors (Lipinski definition) is 5. The molecule has 156 valence electrons. The molecule has 0 radical (unpaired) electrons. The molecule has 2 aromatic carbocycles. The molecule has 7 nitrogen and oxygen atoms in total. The number of piperidine rings is 1. The Kier molecular flexibility index (Phi) is 6.76. The summed E-state index contributed by atoms with van der Waals surface area (Å²) >= 11 is 0. The van der Waals surface area contributed by atoms with Gasteiger partial charge in [-0.3, -0.25) is 4.79 Å². The third-order valence-electron chi connectivity index (χ3n) is 4.93. The second kappa shape index (κ2) is 9.28. The summed E-state index contributed by atoms with van der Waals surface area (Å²) in [5.74, 6) is 0.751. The van der Waals surface area contributed by atoms with E-state index in [-0.39, 0.29) is 11.7 Å². The maximum Gasteiger partial charge on any atom is 0.255 e. The van der Waals surface area contributed by atoms with Gasteiger partial charge < -0.3 is 14.8 Å². The lowest BCUT2D eigenvalue weighted by Gasteiger charge is -2.25. The average Bonchev–Trinajstić information content (AvgIpc) is 2.75. The lowest BCUT2D eigenvalue weighted by atomic mass is 10.1. The van der Waals surface area contributed by atoms with Gasteiger partial charge in [-0.15, -0.1) is 0 Å². The summed E-state index contributed by atoms with van der Waals surface area (Å²) in [6, 6.07) is 11.7. The van der Waals surface area contributed by atoms with Crippen molar-refractivity contribution < 1.29 is 22.7 Å². The minimum atomic E-state index is -3.33. The molecular weight excluding hydrogens is 392 g/mol. The first-order valence-electron chi connectivity index (χ1n) is 9.53. The van der Waals surface area contributed by atoms with E-state index in [0.717, 1.165) is 19.3 Å². The molecule has 0 atom stereocenters. The van der Waals surface area contributed by atoms with Gasteiger partial charge in [0.1, 0.15) is 11.5 Å². The van der Waals surface area contributed by atoms with E-state index in [1.165, 1.54) is 7.11 Å². The van der Waals surface area contributed by atoms with Crippen LogP contribution in [0.25, 0.3) is 0 Å². The number of ether oxygens (including phenoxy) is 2. The van der Waals surface area contributed by atoms with Crippen LogP contribution < -0.4 is 14.8 Å². The molecule has 1 saturated heterocycles. The second-order valence-electron chi connectivity index (χ2n) is 6.93. The molecule has 1 aliphatic rings. The van der Waals surface area contributed by atoms with Gasteiger partial charge in [-0.2, -0.15) is 0 Å². The topological polar surface area (TPSA) is 84.9 Å². The summed E-state index contributed by atoms with van der Waals surface area (Å²) in [7, 11) is -0.258. The van der Waals surface area contributed by atoms with Crippen molar-refractivity contribution in [2.75, 3.05) is 32.6 Å². The Morgan fingerprint density at radius 1 is 1.00 bits per heavy atom. The summed E-state index contributed by atoms with van der Waals surface area (Å²) in [5.41, 5.74) is 1.62. The van der Waals surface area contributed by atoms with Crippen LogP contribution in [0.4, 0.5) is 5.69 Å². The van der Waals surface area contributed by atoms with Crippen molar-refractivity contribution in [1.29, 1.82) is 0 Å². The molecule has 0 saturated carbocycles. The largest absolute Gasteiger partial charge is 0.497 e. The van der Waals surface area contributed by atoms with Gasteiger partial charge in [0, 0.05) is 24.7 Å². The van der Waals surface area contributed by atoms with Gasteiger partial charge in [0.2, 0.25) is 10.0 Å². The first kappa shape index (κ1) is 21.1. The summed E-state index contributed by atoms with van der Waals surface area (Å²) < 4.78 is 37.1. The predicted octanol–water partition coefficient (Wildman–Crippen LogP) is 3.27. The number of rotatable bonds is 7. The van der Waals surface area contributed by atoms with Gasteiger partial charge in [0.15, 0.2) is 0 Å². The van der Waals surface area contributed by atoms with Crippen LogP contribution in [0.3, 0.4) is 0 Å². The number of hydrogen-bond donors (Lipinski definition) is 1. The summed E-state index contributed by atoms with van der Waals surface area (Å²) in [4.78, 5) is 12.6. The number of carbonyl (C=O) groups is 1. The Morgan fingerprint density at radius 3 is 2.31 bits per heavy atom. The van der Waals surface area contributed by atoms with E-state index >= 15 is 0 Å². The minimum absolute atomic E-state index is 0.0544. The molecular formula is C21H26N2O5S. The standard InChI is InChI=1S/C21H26N2O5S/c1-27-18-10-11-19(20(14-18)28-2)22-21(24)17-8-6-16(7-9-17)15-29(25,26)23-12-4-3-5-13-23/h6-11,14H,3-5,12-13,15H2,1-2H3,(H,22,24). The van der Waals surface area contributed by atoms with E-state index < -0.39 is 10.0 Å². The Bertz CT molecular complexity index is 952. The number of benzene rings is 2. The number of methoxy groups -OCH3 is 2. The number of nitrogens with zero attached hydrogens (tertiary/aromatic N) is 1. The monoisotopic (exact) mass is 418 g/mol. The van der Waals surface area contributed by atoms with Gasteiger partial charge in [-0.1, -0.05) is 18.6 Å². The smallest absolute Gasteiger partial charge is 0.255 e. The van der Waals surface area contributed by atoms with Crippen molar-refractivity contribution in [3.05, 3.63) is 53.6 Å². The molecule has 0 unspecified atom stereocenters. The first-order chi connectivity index (χ1) is 13.9. The highest BCUT2D eigenvalue weighted by Crippen LogP contribution is 2.29. The van der Waals surface area contributed by atoms with Crippen LogP contribution in [0.5, 0.6) is 11.5 Å². The lowest BCUT2D eigenvalue weighted by molar-refractivity contribution is 0.102. The number of sulfonamides is 1. The quantitative estimate of drug-likeness (QED) is 0.746. The van der Waals surface area contributed by atoms with Gasteiger partial charge in [0.05, 0.1) is 25.7 Å². The highest BCUT2D eigenvalue weighted by atomic mass is 32.2. The average molecular weight is 419 g/mol.